The molecule has 3 rings (SSSR count). The van der Waals surface area contributed by atoms with Gasteiger partial charge in [-0.05, 0) is 66.9 Å². The summed E-state index contributed by atoms with van der Waals surface area (Å²) in [7, 11) is 0. The fourth-order valence-corrected chi connectivity index (χ4v) is 4.08. The van der Waals surface area contributed by atoms with Crippen LogP contribution in [-0.4, -0.2) is 49.1 Å². The van der Waals surface area contributed by atoms with Gasteiger partial charge in [-0.3, -0.25) is 4.79 Å². The highest BCUT2D eigenvalue weighted by molar-refractivity contribution is 5.69. The Labute approximate surface area is 236 Å². The van der Waals surface area contributed by atoms with Crippen molar-refractivity contribution in [1.82, 2.24) is 5.32 Å². The number of rotatable bonds is 19. The molecule has 3 aromatic rings. The summed E-state index contributed by atoms with van der Waals surface area (Å²) in [5, 5.41) is 23.2. The van der Waals surface area contributed by atoms with Crippen molar-refractivity contribution in [2.45, 2.75) is 51.9 Å². The maximum Gasteiger partial charge on any atom is 0.308 e. The molecule has 0 saturated heterocycles. The van der Waals surface area contributed by atoms with Crippen molar-refractivity contribution < 1.29 is 34.0 Å². The van der Waals surface area contributed by atoms with E-state index in [-0.39, 0.29) is 6.61 Å². The number of hydrogen-bond donors (Lipinski definition) is 3. The molecule has 0 amide bonds. The number of carbonyl (C=O) groups excluding carboxylic acids is 1. The number of unbranched alkanes of at least 4 members (excludes halogenated alkanes) is 3. The van der Waals surface area contributed by atoms with Gasteiger partial charge in [0.05, 0.1) is 32.5 Å². The average molecular weight is 552 g/mol. The fraction of sp³-hybridized carbons (Fsp3) is 0.406. The molecule has 0 aliphatic rings. The summed E-state index contributed by atoms with van der Waals surface area (Å²) in [6.07, 6.45) is 3.46. The minimum absolute atomic E-state index is 0.271. The number of nitrogens with one attached hydrogen (secondary N) is 1. The number of carbonyl (C=O) groups is 1. The van der Waals surface area contributed by atoms with Crippen molar-refractivity contribution in [1.29, 1.82) is 0 Å². The van der Waals surface area contributed by atoms with Crippen molar-refractivity contribution >= 4 is 5.97 Å². The highest BCUT2D eigenvalue weighted by Crippen LogP contribution is 2.24. The molecule has 1 unspecified atom stereocenters. The predicted molar refractivity (Wildman–Crippen MR) is 153 cm³/mol. The quantitative estimate of drug-likeness (QED) is 0.105. The number of benzene rings is 3. The Morgan fingerprint density at radius 1 is 0.850 bits per heavy atom. The lowest BCUT2D eigenvalue weighted by atomic mass is 10.1. The van der Waals surface area contributed by atoms with Crippen molar-refractivity contribution in [3.05, 3.63) is 89.5 Å². The smallest absolute Gasteiger partial charge is 0.308 e. The number of hydrogen-bond acceptors (Lipinski definition) is 8. The van der Waals surface area contributed by atoms with Crippen LogP contribution in [0.15, 0.2) is 72.8 Å². The molecule has 3 N–H and O–H groups in total. The minimum Gasteiger partial charge on any atom is -0.457 e. The molecular weight excluding hydrogens is 510 g/mol. The second kappa shape index (κ2) is 18.1. The zero-order chi connectivity index (χ0) is 28.4. The van der Waals surface area contributed by atoms with Crippen molar-refractivity contribution in [2.75, 3.05) is 32.9 Å². The Bertz CT molecular complexity index is 1140. The number of para-hydroxylation sites is 1. The van der Waals surface area contributed by atoms with Gasteiger partial charge in [0.2, 0.25) is 0 Å². The SMILES string of the molecule is CC(=O)Oc1ccc(C(O)CNCCCCCCOCCOCc2cccc(Oc3ccccc3)c2)cc1CO. The molecule has 0 aromatic heterocycles. The van der Waals surface area contributed by atoms with Crippen LogP contribution in [0.4, 0.5) is 0 Å². The van der Waals surface area contributed by atoms with Gasteiger partial charge in [-0.25, -0.2) is 0 Å². The lowest BCUT2D eigenvalue weighted by Gasteiger charge is -2.15. The van der Waals surface area contributed by atoms with E-state index in [1.807, 2.05) is 54.6 Å². The van der Waals surface area contributed by atoms with Gasteiger partial charge in [-0.1, -0.05) is 49.2 Å². The third-order valence-corrected chi connectivity index (χ3v) is 6.14. The van der Waals surface area contributed by atoms with Gasteiger partial charge in [0.15, 0.2) is 0 Å². The Kier molecular flexibility index (Phi) is 14.2. The van der Waals surface area contributed by atoms with E-state index in [0.29, 0.717) is 49.8 Å². The zero-order valence-corrected chi connectivity index (χ0v) is 23.2. The molecule has 0 heterocycles. The Balaban J connectivity index is 1.16. The number of aliphatic hydroxyl groups excluding tert-OH is 2. The summed E-state index contributed by atoms with van der Waals surface area (Å²) < 4.78 is 22.4. The van der Waals surface area contributed by atoms with Gasteiger partial charge >= 0.3 is 5.97 Å². The van der Waals surface area contributed by atoms with Gasteiger partial charge in [0.1, 0.15) is 17.2 Å². The molecule has 8 nitrogen and oxygen atoms in total. The summed E-state index contributed by atoms with van der Waals surface area (Å²) in [4.78, 5) is 11.2. The van der Waals surface area contributed by atoms with E-state index in [1.54, 1.807) is 18.2 Å². The molecule has 1 atom stereocenters. The monoisotopic (exact) mass is 551 g/mol. The van der Waals surface area contributed by atoms with Crippen LogP contribution in [0.3, 0.4) is 0 Å². The first-order valence-electron chi connectivity index (χ1n) is 13.8. The van der Waals surface area contributed by atoms with E-state index in [2.05, 4.69) is 5.32 Å². The minimum atomic E-state index is -0.709. The largest absolute Gasteiger partial charge is 0.457 e. The molecule has 0 aliphatic heterocycles. The van der Waals surface area contributed by atoms with Crippen LogP contribution < -0.4 is 14.8 Å². The van der Waals surface area contributed by atoms with Crippen molar-refractivity contribution in [3.8, 4) is 17.2 Å². The summed E-state index contributed by atoms with van der Waals surface area (Å²) in [6.45, 7) is 4.59. The van der Waals surface area contributed by atoms with Gasteiger partial charge in [0, 0.05) is 25.6 Å². The number of esters is 1. The molecule has 0 aliphatic carbocycles. The molecular formula is C32H41NO7. The maximum absolute atomic E-state index is 11.2. The van der Waals surface area contributed by atoms with Crippen LogP contribution in [0.5, 0.6) is 17.2 Å². The van der Waals surface area contributed by atoms with Gasteiger partial charge in [-0.2, -0.15) is 0 Å². The average Bonchev–Trinajstić information content (AvgIpc) is 2.96. The fourth-order valence-electron chi connectivity index (χ4n) is 4.08. The predicted octanol–water partition coefficient (Wildman–Crippen LogP) is 5.31. The van der Waals surface area contributed by atoms with Gasteiger partial charge < -0.3 is 34.5 Å². The molecule has 216 valence electrons. The first-order chi connectivity index (χ1) is 19.5. The second-order valence-electron chi connectivity index (χ2n) is 9.48. The van der Waals surface area contributed by atoms with E-state index < -0.39 is 12.1 Å². The van der Waals surface area contributed by atoms with Crippen LogP contribution in [0, 0.1) is 0 Å². The number of ether oxygens (including phenoxy) is 4. The third-order valence-electron chi connectivity index (χ3n) is 6.14. The molecule has 0 spiro atoms. The zero-order valence-electron chi connectivity index (χ0n) is 23.2. The van der Waals surface area contributed by atoms with Crippen LogP contribution in [-0.2, 0) is 27.5 Å². The Morgan fingerprint density at radius 3 is 2.42 bits per heavy atom. The molecule has 3 aromatic carbocycles. The lowest BCUT2D eigenvalue weighted by Crippen LogP contribution is -2.22. The first kappa shape index (κ1) is 31.3. The second-order valence-corrected chi connectivity index (χ2v) is 9.48. The highest BCUT2D eigenvalue weighted by atomic mass is 16.5. The van der Waals surface area contributed by atoms with E-state index in [4.69, 9.17) is 18.9 Å². The molecule has 0 bridgehead atoms. The van der Waals surface area contributed by atoms with Crippen LogP contribution >= 0.6 is 0 Å². The van der Waals surface area contributed by atoms with E-state index in [1.165, 1.54) is 6.92 Å². The molecule has 40 heavy (non-hydrogen) atoms. The maximum atomic E-state index is 11.2. The standard InChI is InChI=1S/C32H41NO7/c1-25(35)39-32-15-14-27(21-28(32)23-34)31(36)22-33-16-7-2-3-8-17-37-18-19-38-24-26-10-9-13-30(20-26)40-29-11-5-4-6-12-29/h4-6,9-15,20-21,31,33-34,36H,2-3,7-8,16-19,22-24H2,1H3. The van der Waals surface area contributed by atoms with E-state index in [9.17, 15) is 15.0 Å². The first-order valence-corrected chi connectivity index (χ1v) is 13.8. The van der Waals surface area contributed by atoms with Crippen molar-refractivity contribution in [2.24, 2.45) is 0 Å². The molecule has 0 saturated carbocycles. The summed E-state index contributed by atoms with van der Waals surface area (Å²) in [6, 6.07) is 22.6. The molecule has 0 fully saturated rings. The van der Waals surface area contributed by atoms with Crippen molar-refractivity contribution in [3.63, 3.8) is 0 Å². The summed E-state index contributed by atoms with van der Waals surface area (Å²) >= 11 is 0. The summed E-state index contributed by atoms with van der Waals surface area (Å²) in [5.41, 5.74) is 2.20. The number of aliphatic hydroxyl groups is 2. The van der Waals surface area contributed by atoms with Gasteiger partial charge in [0.25, 0.3) is 0 Å². The van der Waals surface area contributed by atoms with Crippen LogP contribution in [0.1, 0.15) is 55.4 Å². The lowest BCUT2D eigenvalue weighted by molar-refractivity contribution is -0.131. The Hall–Kier alpha value is -3.27. The van der Waals surface area contributed by atoms with Crippen LogP contribution in [0.25, 0.3) is 0 Å². The van der Waals surface area contributed by atoms with E-state index >= 15 is 0 Å². The normalized spacial score (nSPS) is 11.8. The third kappa shape index (κ3) is 11.9. The van der Waals surface area contributed by atoms with E-state index in [0.717, 1.165) is 49.3 Å². The topological polar surface area (TPSA) is 106 Å². The molecule has 8 heteroatoms. The molecule has 0 radical (unpaired) electrons. The summed E-state index contributed by atoms with van der Waals surface area (Å²) in [5.74, 6) is 1.46. The Morgan fingerprint density at radius 2 is 1.62 bits per heavy atom. The highest BCUT2D eigenvalue weighted by Gasteiger charge is 2.12. The van der Waals surface area contributed by atoms with Crippen LogP contribution in [0.2, 0.25) is 0 Å². The van der Waals surface area contributed by atoms with Gasteiger partial charge in [-0.15, -0.1) is 0 Å².